The summed E-state index contributed by atoms with van der Waals surface area (Å²) in [4.78, 5) is 16.5. The SMILES string of the molecule is COc1ccc(CCNC(=O)CC(c2ccc(C(C)(C)C)cc2)c2c[nH]c3ccccc23)cc1OC. The average Bonchev–Trinajstić information content (AvgIpc) is 3.30. The smallest absolute Gasteiger partial charge is 0.220 e. The molecule has 36 heavy (non-hydrogen) atoms. The molecule has 0 aliphatic heterocycles. The number of fused-ring (bicyclic) bond motifs is 1. The lowest BCUT2D eigenvalue weighted by molar-refractivity contribution is -0.121. The number of rotatable bonds is 9. The summed E-state index contributed by atoms with van der Waals surface area (Å²) in [7, 11) is 3.25. The van der Waals surface area contributed by atoms with E-state index < -0.39 is 0 Å². The fourth-order valence-electron chi connectivity index (χ4n) is 4.65. The summed E-state index contributed by atoms with van der Waals surface area (Å²) in [6.07, 6.45) is 3.14. The first-order valence-corrected chi connectivity index (χ1v) is 12.4. The van der Waals surface area contributed by atoms with Gasteiger partial charge in [0, 0.05) is 36.0 Å². The third kappa shape index (κ3) is 5.73. The molecule has 188 valence electrons. The second-order valence-electron chi connectivity index (χ2n) is 10.2. The molecule has 0 radical (unpaired) electrons. The summed E-state index contributed by atoms with van der Waals surface area (Å²) in [5.41, 5.74) is 5.81. The summed E-state index contributed by atoms with van der Waals surface area (Å²) >= 11 is 0. The number of H-pyrrole nitrogens is 1. The number of methoxy groups -OCH3 is 2. The Labute approximate surface area is 213 Å². The van der Waals surface area contributed by atoms with Crippen molar-refractivity contribution in [3.63, 3.8) is 0 Å². The van der Waals surface area contributed by atoms with Gasteiger partial charge in [-0.25, -0.2) is 0 Å². The molecule has 2 N–H and O–H groups in total. The zero-order chi connectivity index (χ0) is 25.7. The predicted octanol–water partition coefficient (Wildman–Crippen LogP) is 6.36. The van der Waals surface area contributed by atoms with Crippen LogP contribution in [-0.4, -0.2) is 31.7 Å². The lowest BCUT2D eigenvalue weighted by Gasteiger charge is -2.22. The number of hydrogen-bond acceptors (Lipinski definition) is 3. The van der Waals surface area contributed by atoms with Crippen LogP contribution in [0.4, 0.5) is 0 Å². The van der Waals surface area contributed by atoms with Gasteiger partial charge in [-0.3, -0.25) is 4.79 Å². The normalized spacial score (nSPS) is 12.4. The predicted molar refractivity (Wildman–Crippen MR) is 146 cm³/mol. The molecule has 4 rings (SSSR count). The Morgan fingerprint density at radius 3 is 2.36 bits per heavy atom. The summed E-state index contributed by atoms with van der Waals surface area (Å²) in [6.45, 7) is 7.19. The third-order valence-corrected chi connectivity index (χ3v) is 6.75. The average molecular weight is 485 g/mol. The largest absolute Gasteiger partial charge is 0.493 e. The highest BCUT2D eigenvalue weighted by Gasteiger charge is 2.22. The van der Waals surface area contributed by atoms with Gasteiger partial charge >= 0.3 is 0 Å². The first-order valence-electron chi connectivity index (χ1n) is 12.4. The van der Waals surface area contributed by atoms with Crippen molar-refractivity contribution in [2.45, 2.75) is 44.9 Å². The Balaban J connectivity index is 1.51. The van der Waals surface area contributed by atoms with Gasteiger partial charge in [0.15, 0.2) is 11.5 Å². The number of benzene rings is 3. The standard InChI is InChI=1S/C31H36N2O3/c1-31(2,3)23-13-11-22(12-14-23)25(26-20-33-27-9-7-6-8-24(26)27)19-30(34)32-17-16-21-10-15-28(35-4)29(18-21)36-5/h6-15,18,20,25,33H,16-17,19H2,1-5H3,(H,32,34). The number of para-hydroxylation sites is 1. The van der Waals surface area contributed by atoms with E-state index in [-0.39, 0.29) is 17.2 Å². The lowest BCUT2D eigenvalue weighted by atomic mass is 9.83. The topological polar surface area (TPSA) is 63.3 Å². The summed E-state index contributed by atoms with van der Waals surface area (Å²) in [5, 5.41) is 4.28. The van der Waals surface area contributed by atoms with Gasteiger partial charge in [0.05, 0.1) is 14.2 Å². The highest BCUT2D eigenvalue weighted by Crippen LogP contribution is 2.34. The molecule has 4 aromatic rings. The van der Waals surface area contributed by atoms with Gasteiger partial charge in [0.2, 0.25) is 5.91 Å². The van der Waals surface area contributed by atoms with Crippen LogP contribution >= 0.6 is 0 Å². The molecule has 1 heterocycles. The Hall–Kier alpha value is -3.73. The summed E-state index contributed by atoms with van der Waals surface area (Å²) in [6, 6.07) is 22.8. The minimum Gasteiger partial charge on any atom is -0.493 e. The zero-order valence-corrected chi connectivity index (χ0v) is 21.9. The van der Waals surface area contributed by atoms with Crippen LogP contribution in [0.1, 0.15) is 55.4 Å². The van der Waals surface area contributed by atoms with Crippen molar-refractivity contribution >= 4 is 16.8 Å². The van der Waals surface area contributed by atoms with E-state index in [0.29, 0.717) is 30.9 Å². The van der Waals surface area contributed by atoms with Crippen molar-refractivity contribution in [1.82, 2.24) is 10.3 Å². The van der Waals surface area contributed by atoms with Crippen LogP contribution in [-0.2, 0) is 16.6 Å². The molecular formula is C31H36N2O3. The quantitative estimate of drug-likeness (QED) is 0.290. The van der Waals surface area contributed by atoms with E-state index in [1.54, 1.807) is 14.2 Å². The molecule has 0 aliphatic carbocycles. The molecule has 0 spiro atoms. The Kier molecular flexibility index (Phi) is 7.68. The van der Waals surface area contributed by atoms with Crippen molar-refractivity contribution in [2.24, 2.45) is 0 Å². The Morgan fingerprint density at radius 1 is 0.944 bits per heavy atom. The number of ether oxygens (including phenoxy) is 2. The number of aromatic nitrogens is 1. The Morgan fingerprint density at radius 2 is 1.67 bits per heavy atom. The van der Waals surface area contributed by atoms with Gasteiger partial charge in [-0.05, 0) is 52.3 Å². The van der Waals surface area contributed by atoms with Crippen molar-refractivity contribution in [2.75, 3.05) is 20.8 Å². The number of carbonyl (C=O) groups excluding carboxylic acids is 1. The van der Waals surface area contributed by atoms with E-state index in [1.165, 1.54) is 5.56 Å². The second-order valence-corrected chi connectivity index (χ2v) is 10.2. The van der Waals surface area contributed by atoms with Crippen LogP contribution < -0.4 is 14.8 Å². The maximum atomic E-state index is 13.1. The van der Waals surface area contributed by atoms with Gasteiger partial charge in [-0.2, -0.15) is 0 Å². The summed E-state index contributed by atoms with van der Waals surface area (Å²) in [5.74, 6) is 1.38. The third-order valence-electron chi connectivity index (χ3n) is 6.75. The fourth-order valence-corrected chi connectivity index (χ4v) is 4.65. The molecule has 0 saturated carbocycles. The molecule has 1 amide bonds. The highest BCUT2D eigenvalue weighted by atomic mass is 16.5. The maximum absolute atomic E-state index is 13.1. The van der Waals surface area contributed by atoms with Crippen LogP contribution in [0.3, 0.4) is 0 Å². The monoisotopic (exact) mass is 484 g/mol. The van der Waals surface area contributed by atoms with E-state index in [4.69, 9.17) is 9.47 Å². The molecule has 1 unspecified atom stereocenters. The van der Waals surface area contributed by atoms with Crippen molar-refractivity contribution in [3.05, 3.63) is 95.2 Å². The van der Waals surface area contributed by atoms with Crippen LogP contribution in [0.2, 0.25) is 0 Å². The van der Waals surface area contributed by atoms with E-state index in [9.17, 15) is 4.79 Å². The minimum atomic E-state index is -0.0451. The molecule has 0 bridgehead atoms. The first-order chi connectivity index (χ1) is 17.3. The van der Waals surface area contributed by atoms with E-state index in [1.807, 2.05) is 36.5 Å². The van der Waals surface area contributed by atoms with Crippen molar-refractivity contribution in [1.29, 1.82) is 0 Å². The van der Waals surface area contributed by atoms with E-state index in [0.717, 1.165) is 27.6 Å². The molecule has 1 atom stereocenters. The summed E-state index contributed by atoms with van der Waals surface area (Å²) < 4.78 is 10.7. The fraction of sp³-hybridized carbons (Fsp3) is 0.323. The number of carbonyl (C=O) groups is 1. The molecule has 0 saturated heterocycles. The second kappa shape index (κ2) is 10.9. The molecule has 0 fully saturated rings. The lowest BCUT2D eigenvalue weighted by Crippen LogP contribution is -2.27. The van der Waals surface area contributed by atoms with Crippen LogP contribution in [0.15, 0.2) is 72.9 Å². The number of nitrogens with one attached hydrogen (secondary N) is 2. The molecular weight excluding hydrogens is 448 g/mol. The zero-order valence-electron chi connectivity index (χ0n) is 21.9. The van der Waals surface area contributed by atoms with Crippen LogP contribution in [0.5, 0.6) is 11.5 Å². The van der Waals surface area contributed by atoms with E-state index >= 15 is 0 Å². The van der Waals surface area contributed by atoms with Gasteiger partial charge in [0.1, 0.15) is 0 Å². The van der Waals surface area contributed by atoms with Gasteiger partial charge in [0.25, 0.3) is 0 Å². The van der Waals surface area contributed by atoms with Gasteiger partial charge < -0.3 is 19.8 Å². The molecule has 5 nitrogen and oxygen atoms in total. The van der Waals surface area contributed by atoms with Gasteiger partial charge in [-0.15, -0.1) is 0 Å². The number of hydrogen-bond donors (Lipinski definition) is 2. The molecule has 5 heteroatoms. The molecule has 0 aliphatic rings. The molecule has 3 aromatic carbocycles. The maximum Gasteiger partial charge on any atom is 0.220 e. The first kappa shape index (κ1) is 25.4. The van der Waals surface area contributed by atoms with Crippen LogP contribution in [0.25, 0.3) is 10.9 Å². The molecule has 1 aromatic heterocycles. The van der Waals surface area contributed by atoms with Crippen LogP contribution in [0, 0.1) is 0 Å². The van der Waals surface area contributed by atoms with Crippen molar-refractivity contribution in [3.8, 4) is 11.5 Å². The Bertz CT molecular complexity index is 1320. The highest BCUT2D eigenvalue weighted by molar-refractivity contribution is 5.86. The van der Waals surface area contributed by atoms with Gasteiger partial charge in [-0.1, -0.05) is 69.3 Å². The number of amides is 1. The van der Waals surface area contributed by atoms with Crippen molar-refractivity contribution < 1.29 is 14.3 Å². The minimum absolute atomic E-state index is 0.0330. The number of aromatic amines is 1. The van der Waals surface area contributed by atoms with E-state index in [2.05, 4.69) is 67.5 Å².